The van der Waals surface area contributed by atoms with Crippen LogP contribution in [0.3, 0.4) is 0 Å². The van der Waals surface area contributed by atoms with E-state index in [1.165, 1.54) is 6.07 Å². The van der Waals surface area contributed by atoms with Crippen LogP contribution in [0.5, 0.6) is 0 Å². The van der Waals surface area contributed by atoms with Gasteiger partial charge in [0.25, 0.3) is 5.91 Å². The highest BCUT2D eigenvalue weighted by Crippen LogP contribution is 2.20. The van der Waals surface area contributed by atoms with E-state index in [2.05, 4.69) is 10.3 Å². The van der Waals surface area contributed by atoms with E-state index in [0.717, 1.165) is 12.1 Å². The van der Waals surface area contributed by atoms with E-state index in [1.807, 2.05) is 0 Å². The third kappa shape index (κ3) is 2.51. The molecule has 2 aromatic rings. The fourth-order valence-electron chi connectivity index (χ4n) is 1.59. The van der Waals surface area contributed by atoms with E-state index >= 15 is 0 Å². The summed E-state index contributed by atoms with van der Waals surface area (Å²) in [6.07, 6.45) is 0. The van der Waals surface area contributed by atoms with Crippen molar-refractivity contribution in [1.82, 2.24) is 4.98 Å². The molecule has 0 unspecified atom stereocenters. The van der Waals surface area contributed by atoms with E-state index in [1.54, 1.807) is 6.92 Å². The molecule has 9 heteroatoms. The fourth-order valence-corrected chi connectivity index (χ4v) is 1.59. The molecular weight excluding hydrogens is 270 g/mol. The summed E-state index contributed by atoms with van der Waals surface area (Å²) in [5.74, 6) is -2.87. The van der Waals surface area contributed by atoms with Crippen molar-refractivity contribution in [3.8, 4) is 0 Å². The molecule has 2 heterocycles. The molecule has 9 nitrogen and oxygen atoms in total. The molecule has 0 fully saturated rings. The van der Waals surface area contributed by atoms with Crippen molar-refractivity contribution in [3.05, 3.63) is 45.5 Å². The number of hydrogen-bond acceptors (Lipinski definition) is 5. The summed E-state index contributed by atoms with van der Waals surface area (Å²) in [7, 11) is 0. The molecule has 104 valence electrons. The van der Waals surface area contributed by atoms with Crippen molar-refractivity contribution in [2.24, 2.45) is 0 Å². The molecule has 2 aromatic heterocycles. The third-order valence-electron chi connectivity index (χ3n) is 2.41. The van der Waals surface area contributed by atoms with Crippen LogP contribution in [0.1, 0.15) is 26.7 Å². The van der Waals surface area contributed by atoms with Gasteiger partial charge in [-0.05, 0) is 19.1 Å². The first-order chi connectivity index (χ1) is 9.38. The minimum absolute atomic E-state index is 0.0547. The molecule has 0 radical (unpaired) electrons. The Morgan fingerprint density at radius 3 is 2.70 bits per heavy atom. The average Bonchev–Trinajstić information content (AvgIpc) is 2.95. The molecule has 0 aliphatic heterocycles. The Labute approximate surface area is 111 Å². The van der Waals surface area contributed by atoms with Crippen molar-refractivity contribution in [1.29, 1.82) is 0 Å². The van der Waals surface area contributed by atoms with Gasteiger partial charge in [-0.15, -0.1) is 0 Å². The van der Waals surface area contributed by atoms with Gasteiger partial charge in [-0.2, -0.15) is 0 Å². The topological polar surface area (TPSA) is 138 Å². The number of amides is 1. The highest BCUT2D eigenvalue weighted by atomic mass is 16.6. The van der Waals surface area contributed by atoms with Gasteiger partial charge in [0.2, 0.25) is 0 Å². The number of rotatable bonds is 4. The first-order valence-corrected chi connectivity index (χ1v) is 5.37. The molecule has 1 amide bonds. The number of aromatic carboxylic acids is 1. The van der Waals surface area contributed by atoms with Crippen molar-refractivity contribution in [2.45, 2.75) is 6.92 Å². The minimum Gasteiger partial charge on any atom is -0.477 e. The summed E-state index contributed by atoms with van der Waals surface area (Å²) in [4.78, 5) is 35.0. The lowest BCUT2D eigenvalue weighted by molar-refractivity contribution is -0.402. The van der Waals surface area contributed by atoms with Gasteiger partial charge in [0, 0.05) is 5.69 Å². The van der Waals surface area contributed by atoms with E-state index in [4.69, 9.17) is 9.52 Å². The first kappa shape index (κ1) is 13.3. The summed E-state index contributed by atoms with van der Waals surface area (Å²) in [5.41, 5.74) is 0.416. The maximum Gasteiger partial charge on any atom is 0.433 e. The highest BCUT2D eigenvalue weighted by Gasteiger charge is 2.20. The van der Waals surface area contributed by atoms with E-state index in [0.29, 0.717) is 5.69 Å². The number of carboxylic acids is 1. The van der Waals surface area contributed by atoms with Crippen LogP contribution in [0.4, 0.5) is 11.6 Å². The number of nitrogens with zero attached hydrogens (tertiary/aromatic N) is 1. The van der Waals surface area contributed by atoms with Crippen LogP contribution >= 0.6 is 0 Å². The first-order valence-electron chi connectivity index (χ1n) is 5.37. The number of nitro groups is 1. The number of aromatic nitrogens is 1. The van der Waals surface area contributed by atoms with Gasteiger partial charge in [0.1, 0.15) is 10.6 Å². The van der Waals surface area contributed by atoms with Crippen molar-refractivity contribution in [2.75, 3.05) is 5.32 Å². The number of aromatic amines is 1. The smallest absolute Gasteiger partial charge is 0.433 e. The predicted octanol–water partition coefficient (Wildman–Crippen LogP) is 1.77. The number of hydrogen-bond donors (Lipinski definition) is 3. The molecule has 0 spiro atoms. The van der Waals surface area contributed by atoms with Gasteiger partial charge in [0.05, 0.1) is 11.8 Å². The lowest BCUT2D eigenvalue weighted by Crippen LogP contribution is -2.13. The molecule has 3 N–H and O–H groups in total. The van der Waals surface area contributed by atoms with Gasteiger partial charge in [-0.25, -0.2) is 4.79 Å². The van der Waals surface area contributed by atoms with Crippen LogP contribution in [-0.2, 0) is 0 Å². The quantitative estimate of drug-likeness (QED) is 0.575. The summed E-state index contributed by atoms with van der Waals surface area (Å²) in [5, 5.41) is 21.7. The maximum atomic E-state index is 11.8. The predicted molar refractivity (Wildman–Crippen MR) is 65.8 cm³/mol. The van der Waals surface area contributed by atoms with Crippen molar-refractivity contribution >= 4 is 23.4 Å². The summed E-state index contributed by atoms with van der Waals surface area (Å²) >= 11 is 0. The average molecular weight is 279 g/mol. The molecule has 0 aliphatic carbocycles. The Kier molecular flexibility index (Phi) is 3.25. The van der Waals surface area contributed by atoms with Crippen LogP contribution in [0.15, 0.2) is 22.6 Å². The van der Waals surface area contributed by atoms with E-state index in [-0.39, 0.29) is 17.1 Å². The van der Waals surface area contributed by atoms with Crippen molar-refractivity contribution < 1.29 is 24.0 Å². The summed E-state index contributed by atoms with van der Waals surface area (Å²) in [6.45, 7) is 1.62. The lowest BCUT2D eigenvalue weighted by Gasteiger charge is -2.01. The highest BCUT2D eigenvalue weighted by molar-refractivity contribution is 6.06. The zero-order valence-corrected chi connectivity index (χ0v) is 10.2. The molecule has 20 heavy (non-hydrogen) atoms. The second kappa shape index (κ2) is 4.88. The zero-order chi connectivity index (χ0) is 14.9. The molecule has 0 saturated carbocycles. The number of anilines is 1. The number of H-pyrrole nitrogens is 1. The Morgan fingerprint density at radius 2 is 2.15 bits per heavy atom. The second-order valence-corrected chi connectivity index (χ2v) is 3.90. The Morgan fingerprint density at radius 1 is 1.45 bits per heavy atom. The Balaban J connectivity index is 2.23. The number of carbonyl (C=O) groups is 2. The van der Waals surface area contributed by atoms with Gasteiger partial charge in [-0.1, -0.05) is 0 Å². The number of nitrogens with one attached hydrogen (secondary N) is 2. The molecule has 2 rings (SSSR count). The van der Waals surface area contributed by atoms with Gasteiger partial charge in [0.15, 0.2) is 5.76 Å². The number of furan rings is 1. The summed E-state index contributed by atoms with van der Waals surface area (Å²) < 4.78 is 4.72. The second-order valence-electron chi connectivity index (χ2n) is 3.90. The summed E-state index contributed by atoms with van der Waals surface area (Å²) in [6, 6.07) is 3.60. The minimum atomic E-state index is -1.24. The van der Waals surface area contributed by atoms with Crippen LogP contribution in [0, 0.1) is 17.0 Å². The van der Waals surface area contributed by atoms with Crippen molar-refractivity contribution in [3.63, 3.8) is 0 Å². The SMILES string of the molecule is Cc1cc(NC(=O)c2ccc([N+](=O)[O-])o2)c(C(=O)O)[nH]1. The van der Waals surface area contributed by atoms with Crippen LogP contribution < -0.4 is 5.32 Å². The largest absolute Gasteiger partial charge is 0.477 e. The van der Waals surface area contributed by atoms with Crippen LogP contribution in [-0.4, -0.2) is 26.9 Å². The van der Waals surface area contributed by atoms with E-state index in [9.17, 15) is 19.7 Å². The molecule has 0 saturated heterocycles. The van der Waals surface area contributed by atoms with Gasteiger partial charge < -0.3 is 19.8 Å². The molecule has 0 aliphatic rings. The standard InChI is InChI=1S/C11H9N3O6/c1-5-4-6(9(12-5)11(16)17)13-10(15)7-2-3-8(20-7)14(18)19/h2-4,12H,1H3,(H,13,15)(H,16,17). The van der Waals surface area contributed by atoms with Crippen LogP contribution in [0.2, 0.25) is 0 Å². The van der Waals surface area contributed by atoms with E-state index < -0.39 is 22.7 Å². The number of aryl methyl sites for hydroxylation is 1. The molecule has 0 bridgehead atoms. The number of carbonyl (C=O) groups excluding carboxylic acids is 1. The van der Waals surface area contributed by atoms with Gasteiger partial charge in [-0.3, -0.25) is 14.9 Å². The van der Waals surface area contributed by atoms with Gasteiger partial charge >= 0.3 is 11.9 Å². The normalized spacial score (nSPS) is 10.2. The molecular formula is C11H9N3O6. The lowest BCUT2D eigenvalue weighted by atomic mass is 10.3. The third-order valence-corrected chi connectivity index (χ3v) is 2.41. The zero-order valence-electron chi connectivity index (χ0n) is 10.2. The number of carboxylic acid groups (broad SMARTS) is 1. The fraction of sp³-hybridized carbons (Fsp3) is 0.0909. The maximum absolute atomic E-state index is 11.8. The molecule has 0 atom stereocenters. The Bertz CT molecular complexity index is 699. The molecule has 0 aromatic carbocycles. The monoisotopic (exact) mass is 279 g/mol. The Hall–Kier alpha value is -3.10. The van der Waals surface area contributed by atoms with Crippen LogP contribution in [0.25, 0.3) is 0 Å².